The first-order valence-electron chi connectivity index (χ1n) is 7.71. The standard InChI is InChI=1S/C17H21N3O2S/c1-11-16(21)18-8-9-20(11)10-15-12(2)22-17(19-15)13-4-6-14(23-3)7-5-13/h4-7,11H,8-10H2,1-3H3,(H,18,21)/t11-/m0/s1. The number of rotatable bonds is 4. The summed E-state index contributed by atoms with van der Waals surface area (Å²) in [7, 11) is 0. The third kappa shape index (κ3) is 3.43. The Morgan fingerprint density at radius 3 is 2.83 bits per heavy atom. The summed E-state index contributed by atoms with van der Waals surface area (Å²) < 4.78 is 5.83. The summed E-state index contributed by atoms with van der Waals surface area (Å²) in [6.07, 6.45) is 2.05. The summed E-state index contributed by atoms with van der Waals surface area (Å²) in [6, 6.07) is 8.05. The van der Waals surface area contributed by atoms with Crippen molar-refractivity contribution in [3.63, 3.8) is 0 Å². The van der Waals surface area contributed by atoms with Gasteiger partial charge in [0.15, 0.2) is 0 Å². The van der Waals surface area contributed by atoms with Gasteiger partial charge in [-0.2, -0.15) is 0 Å². The van der Waals surface area contributed by atoms with Crippen LogP contribution < -0.4 is 5.32 Å². The van der Waals surface area contributed by atoms with Gasteiger partial charge in [-0.05, 0) is 44.4 Å². The molecule has 0 radical (unpaired) electrons. The van der Waals surface area contributed by atoms with Crippen molar-refractivity contribution >= 4 is 17.7 Å². The lowest BCUT2D eigenvalue weighted by Crippen LogP contribution is -2.53. The van der Waals surface area contributed by atoms with Crippen LogP contribution in [0.4, 0.5) is 0 Å². The zero-order chi connectivity index (χ0) is 16.4. The van der Waals surface area contributed by atoms with Gasteiger partial charge in [-0.3, -0.25) is 9.69 Å². The van der Waals surface area contributed by atoms with E-state index in [1.165, 1.54) is 4.90 Å². The highest BCUT2D eigenvalue weighted by atomic mass is 32.2. The van der Waals surface area contributed by atoms with Gasteiger partial charge in [0.25, 0.3) is 0 Å². The van der Waals surface area contributed by atoms with Crippen LogP contribution in [0.2, 0.25) is 0 Å². The summed E-state index contributed by atoms with van der Waals surface area (Å²) >= 11 is 1.71. The lowest BCUT2D eigenvalue weighted by atomic mass is 10.2. The van der Waals surface area contributed by atoms with E-state index in [1.54, 1.807) is 11.8 Å². The highest BCUT2D eigenvalue weighted by Gasteiger charge is 2.27. The molecular weight excluding hydrogens is 310 g/mol. The number of nitrogens with zero attached hydrogens (tertiary/aromatic N) is 2. The van der Waals surface area contributed by atoms with Crippen LogP contribution >= 0.6 is 11.8 Å². The van der Waals surface area contributed by atoms with E-state index in [-0.39, 0.29) is 11.9 Å². The topological polar surface area (TPSA) is 58.4 Å². The number of benzene rings is 1. The molecule has 0 spiro atoms. The zero-order valence-electron chi connectivity index (χ0n) is 13.6. The van der Waals surface area contributed by atoms with Crippen LogP contribution in [0.3, 0.4) is 0 Å². The molecule has 2 aromatic rings. The van der Waals surface area contributed by atoms with Crippen LogP contribution in [-0.4, -0.2) is 41.2 Å². The Labute approximate surface area is 140 Å². The van der Waals surface area contributed by atoms with Crippen LogP contribution in [-0.2, 0) is 11.3 Å². The van der Waals surface area contributed by atoms with Crippen LogP contribution in [0.1, 0.15) is 18.4 Å². The van der Waals surface area contributed by atoms with E-state index >= 15 is 0 Å². The highest BCUT2D eigenvalue weighted by molar-refractivity contribution is 7.98. The van der Waals surface area contributed by atoms with Crippen molar-refractivity contribution in [1.29, 1.82) is 0 Å². The number of aryl methyl sites for hydroxylation is 1. The fourth-order valence-electron chi connectivity index (χ4n) is 2.67. The minimum absolute atomic E-state index is 0.0743. The van der Waals surface area contributed by atoms with E-state index in [9.17, 15) is 4.79 Å². The summed E-state index contributed by atoms with van der Waals surface area (Å²) in [4.78, 5) is 19.8. The van der Waals surface area contributed by atoms with E-state index in [0.717, 1.165) is 23.6 Å². The summed E-state index contributed by atoms with van der Waals surface area (Å²) in [6.45, 7) is 6.00. The maximum absolute atomic E-state index is 11.8. The van der Waals surface area contributed by atoms with Gasteiger partial charge in [-0.15, -0.1) is 11.8 Å². The van der Waals surface area contributed by atoms with Crippen LogP contribution in [0, 0.1) is 6.92 Å². The fourth-order valence-corrected chi connectivity index (χ4v) is 3.08. The summed E-state index contributed by atoms with van der Waals surface area (Å²) in [5, 5.41) is 2.88. The zero-order valence-corrected chi connectivity index (χ0v) is 14.4. The summed E-state index contributed by atoms with van der Waals surface area (Å²) in [5.41, 5.74) is 1.87. The molecule has 122 valence electrons. The molecule has 0 saturated carbocycles. The Morgan fingerprint density at radius 1 is 1.39 bits per heavy atom. The van der Waals surface area contributed by atoms with Gasteiger partial charge in [0.05, 0.1) is 11.7 Å². The number of amides is 1. The second-order valence-corrected chi connectivity index (χ2v) is 6.57. The number of oxazole rings is 1. The molecule has 6 heteroatoms. The van der Waals surface area contributed by atoms with E-state index in [2.05, 4.69) is 33.6 Å². The third-order valence-corrected chi connectivity index (χ3v) is 4.95. The Morgan fingerprint density at radius 2 is 2.13 bits per heavy atom. The molecule has 1 aliphatic heterocycles. The second kappa shape index (κ2) is 6.76. The number of carbonyl (C=O) groups excluding carboxylic acids is 1. The third-order valence-electron chi connectivity index (χ3n) is 4.21. The molecule has 1 atom stereocenters. The van der Waals surface area contributed by atoms with Gasteiger partial charge in [-0.25, -0.2) is 4.98 Å². The van der Waals surface area contributed by atoms with Crippen molar-refractivity contribution in [3.8, 4) is 11.5 Å². The van der Waals surface area contributed by atoms with E-state index in [0.29, 0.717) is 19.0 Å². The molecule has 1 fully saturated rings. The smallest absolute Gasteiger partial charge is 0.237 e. The first-order valence-corrected chi connectivity index (χ1v) is 8.93. The lowest BCUT2D eigenvalue weighted by Gasteiger charge is -2.32. The Bertz CT molecular complexity index is 696. The number of thioether (sulfide) groups is 1. The SMILES string of the molecule is CSc1ccc(-c2nc(CN3CCNC(=O)[C@@H]3C)c(C)o2)cc1. The van der Waals surface area contributed by atoms with Gasteiger partial charge in [0, 0.05) is 30.1 Å². The summed E-state index contributed by atoms with van der Waals surface area (Å²) in [5.74, 6) is 1.52. The molecule has 0 aliphatic carbocycles. The van der Waals surface area contributed by atoms with Crippen molar-refractivity contribution in [2.75, 3.05) is 19.3 Å². The average molecular weight is 331 g/mol. The number of nitrogens with one attached hydrogen (secondary N) is 1. The predicted molar refractivity (Wildman–Crippen MR) is 91.3 cm³/mol. The van der Waals surface area contributed by atoms with Gasteiger partial charge < -0.3 is 9.73 Å². The lowest BCUT2D eigenvalue weighted by molar-refractivity contribution is -0.128. The number of hydrogen-bond donors (Lipinski definition) is 1. The van der Waals surface area contributed by atoms with Gasteiger partial charge in [0.2, 0.25) is 11.8 Å². The van der Waals surface area contributed by atoms with Crippen molar-refractivity contribution in [2.24, 2.45) is 0 Å². The molecule has 1 N–H and O–H groups in total. The van der Waals surface area contributed by atoms with Crippen molar-refractivity contribution < 1.29 is 9.21 Å². The first-order chi connectivity index (χ1) is 11.1. The Balaban J connectivity index is 1.79. The van der Waals surface area contributed by atoms with Crippen LogP contribution in [0.15, 0.2) is 33.6 Å². The minimum atomic E-state index is -0.135. The molecule has 5 nitrogen and oxygen atoms in total. The monoisotopic (exact) mass is 331 g/mol. The highest BCUT2D eigenvalue weighted by Crippen LogP contribution is 2.25. The van der Waals surface area contributed by atoms with Gasteiger partial charge >= 0.3 is 0 Å². The molecule has 3 rings (SSSR count). The van der Waals surface area contributed by atoms with Gasteiger partial charge in [-0.1, -0.05) is 0 Å². The van der Waals surface area contributed by atoms with Crippen molar-refractivity contribution in [1.82, 2.24) is 15.2 Å². The second-order valence-electron chi connectivity index (χ2n) is 5.69. The molecule has 0 unspecified atom stereocenters. The molecule has 1 aromatic heterocycles. The molecule has 1 amide bonds. The van der Waals surface area contributed by atoms with Crippen molar-refractivity contribution in [3.05, 3.63) is 35.7 Å². The Hall–Kier alpha value is -1.79. The maximum atomic E-state index is 11.8. The average Bonchev–Trinajstić information content (AvgIpc) is 2.93. The largest absolute Gasteiger partial charge is 0.441 e. The molecule has 0 bridgehead atoms. The molecule has 23 heavy (non-hydrogen) atoms. The minimum Gasteiger partial charge on any atom is -0.441 e. The quantitative estimate of drug-likeness (QED) is 0.873. The number of hydrogen-bond acceptors (Lipinski definition) is 5. The number of piperazine rings is 1. The fraction of sp³-hybridized carbons (Fsp3) is 0.412. The van der Waals surface area contributed by atoms with Crippen LogP contribution in [0.25, 0.3) is 11.5 Å². The van der Waals surface area contributed by atoms with E-state index < -0.39 is 0 Å². The predicted octanol–water partition coefficient (Wildman–Crippen LogP) is 2.69. The molecule has 1 saturated heterocycles. The maximum Gasteiger partial charge on any atom is 0.237 e. The molecule has 1 aliphatic rings. The number of carbonyl (C=O) groups is 1. The normalized spacial score (nSPS) is 18.9. The molecule has 1 aromatic carbocycles. The first kappa shape index (κ1) is 16.1. The van der Waals surface area contributed by atoms with E-state index in [4.69, 9.17) is 4.42 Å². The van der Waals surface area contributed by atoms with E-state index in [1.807, 2.05) is 26.0 Å². The van der Waals surface area contributed by atoms with Crippen molar-refractivity contribution in [2.45, 2.75) is 31.3 Å². The molecule has 2 heterocycles. The number of aromatic nitrogens is 1. The molecular formula is C17H21N3O2S. The Kier molecular flexibility index (Phi) is 4.73. The van der Waals surface area contributed by atoms with Crippen LogP contribution in [0.5, 0.6) is 0 Å². The van der Waals surface area contributed by atoms with Gasteiger partial charge in [0.1, 0.15) is 5.76 Å².